The highest BCUT2D eigenvalue weighted by atomic mass is 16.6. The van der Waals surface area contributed by atoms with Crippen LogP contribution in [0, 0.1) is 16.0 Å². The Morgan fingerprint density at radius 3 is 2.25 bits per heavy atom. The average Bonchev–Trinajstić information content (AvgIpc) is 2.88. The van der Waals surface area contributed by atoms with Crippen molar-refractivity contribution in [2.75, 3.05) is 28.6 Å². The van der Waals surface area contributed by atoms with E-state index in [4.69, 9.17) is 0 Å². The Hall–Kier alpha value is -4.40. The van der Waals surface area contributed by atoms with Crippen molar-refractivity contribution in [3.8, 4) is 0 Å². The van der Waals surface area contributed by atoms with Gasteiger partial charge in [-0.1, -0.05) is 37.3 Å². The van der Waals surface area contributed by atoms with E-state index in [1.165, 1.54) is 24.3 Å². The van der Waals surface area contributed by atoms with Crippen LogP contribution in [0.25, 0.3) is 0 Å². The summed E-state index contributed by atoms with van der Waals surface area (Å²) in [5.74, 6) is 0.438. The number of rotatable bonds is 7. The quantitative estimate of drug-likeness (QED) is 0.305. The Kier molecular flexibility index (Phi) is 7.79. The predicted octanol–water partition coefficient (Wildman–Crippen LogP) is 5.41. The van der Waals surface area contributed by atoms with Crippen molar-refractivity contribution in [3.05, 3.63) is 94.0 Å². The van der Waals surface area contributed by atoms with Gasteiger partial charge in [-0.05, 0) is 54.7 Å². The highest BCUT2D eigenvalue weighted by Gasteiger charge is 2.22. The molecule has 0 spiro atoms. The zero-order valence-electron chi connectivity index (χ0n) is 20.1. The summed E-state index contributed by atoms with van der Waals surface area (Å²) in [6.45, 7) is 4.37. The van der Waals surface area contributed by atoms with Gasteiger partial charge in [-0.15, -0.1) is 0 Å². The zero-order chi connectivity index (χ0) is 25.5. The molecule has 0 bridgehead atoms. The van der Waals surface area contributed by atoms with Crippen LogP contribution in [-0.2, 0) is 6.54 Å². The van der Waals surface area contributed by atoms with E-state index in [2.05, 4.69) is 27.8 Å². The second-order valence-electron chi connectivity index (χ2n) is 8.95. The van der Waals surface area contributed by atoms with E-state index in [0.717, 1.165) is 37.2 Å². The molecule has 9 nitrogen and oxygen atoms in total. The molecule has 3 amide bonds. The SMILES string of the molecule is CC1CCN(c2ccc(NC(=O)Nc3ccc([N+](=O)[O-])cc3)cc2C(=O)NCc2ccccc2)CC1. The highest BCUT2D eigenvalue weighted by Crippen LogP contribution is 2.29. The maximum atomic E-state index is 13.2. The number of hydrogen-bond donors (Lipinski definition) is 3. The van der Waals surface area contributed by atoms with Crippen LogP contribution in [0.1, 0.15) is 35.7 Å². The summed E-state index contributed by atoms with van der Waals surface area (Å²) in [6.07, 6.45) is 2.12. The van der Waals surface area contributed by atoms with Crippen LogP contribution < -0.4 is 20.9 Å². The molecule has 1 saturated heterocycles. The Labute approximate surface area is 209 Å². The molecule has 1 aliphatic heterocycles. The Morgan fingerprint density at radius 1 is 0.944 bits per heavy atom. The topological polar surface area (TPSA) is 117 Å². The van der Waals surface area contributed by atoms with Crippen molar-refractivity contribution < 1.29 is 14.5 Å². The Morgan fingerprint density at radius 2 is 1.58 bits per heavy atom. The monoisotopic (exact) mass is 487 g/mol. The number of benzene rings is 3. The predicted molar refractivity (Wildman–Crippen MR) is 140 cm³/mol. The molecule has 0 aliphatic carbocycles. The van der Waals surface area contributed by atoms with E-state index in [-0.39, 0.29) is 11.6 Å². The van der Waals surface area contributed by atoms with Gasteiger partial charge in [0.05, 0.1) is 10.5 Å². The molecule has 0 unspecified atom stereocenters. The van der Waals surface area contributed by atoms with Crippen molar-refractivity contribution in [2.24, 2.45) is 5.92 Å². The van der Waals surface area contributed by atoms with E-state index in [9.17, 15) is 19.7 Å². The van der Waals surface area contributed by atoms with Crippen molar-refractivity contribution in [1.29, 1.82) is 0 Å². The minimum Gasteiger partial charge on any atom is -0.371 e. The van der Waals surface area contributed by atoms with Gasteiger partial charge in [-0.3, -0.25) is 14.9 Å². The van der Waals surface area contributed by atoms with Crippen molar-refractivity contribution in [1.82, 2.24) is 5.32 Å². The molecule has 3 aromatic rings. The molecule has 4 rings (SSSR count). The van der Waals surface area contributed by atoms with Crippen molar-refractivity contribution in [3.63, 3.8) is 0 Å². The molecule has 1 heterocycles. The maximum absolute atomic E-state index is 13.2. The summed E-state index contributed by atoms with van der Waals surface area (Å²) < 4.78 is 0. The number of nitro benzene ring substituents is 1. The fourth-order valence-electron chi connectivity index (χ4n) is 4.15. The van der Waals surface area contributed by atoms with E-state index in [1.54, 1.807) is 12.1 Å². The van der Waals surface area contributed by atoms with Gasteiger partial charge < -0.3 is 20.9 Å². The number of piperidine rings is 1. The summed E-state index contributed by atoms with van der Waals surface area (Å²) >= 11 is 0. The van der Waals surface area contributed by atoms with Gasteiger partial charge in [0.2, 0.25) is 0 Å². The van der Waals surface area contributed by atoms with Crippen LogP contribution in [0.15, 0.2) is 72.8 Å². The van der Waals surface area contributed by atoms with Gasteiger partial charge in [0.1, 0.15) is 0 Å². The van der Waals surface area contributed by atoms with Crippen molar-refractivity contribution in [2.45, 2.75) is 26.3 Å². The van der Waals surface area contributed by atoms with Crippen LogP contribution in [0.3, 0.4) is 0 Å². The third kappa shape index (κ3) is 6.38. The molecule has 1 aliphatic rings. The highest BCUT2D eigenvalue weighted by molar-refractivity contribution is 6.04. The number of nitrogens with zero attached hydrogens (tertiary/aromatic N) is 2. The van der Waals surface area contributed by atoms with E-state index in [1.807, 2.05) is 36.4 Å². The van der Waals surface area contributed by atoms with E-state index >= 15 is 0 Å². The van der Waals surface area contributed by atoms with Gasteiger partial charge in [0, 0.05) is 48.8 Å². The van der Waals surface area contributed by atoms with Gasteiger partial charge in [0.25, 0.3) is 11.6 Å². The fourth-order valence-corrected chi connectivity index (χ4v) is 4.15. The number of non-ortho nitro benzene ring substituents is 1. The number of nitrogens with one attached hydrogen (secondary N) is 3. The molecular weight excluding hydrogens is 458 g/mol. The van der Waals surface area contributed by atoms with E-state index < -0.39 is 11.0 Å². The smallest absolute Gasteiger partial charge is 0.323 e. The molecule has 3 N–H and O–H groups in total. The lowest BCUT2D eigenvalue weighted by Crippen LogP contribution is -2.35. The van der Waals surface area contributed by atoms with Gasteiger partial charge >= 0.3 is 6.03 Å². The lowest BCUT2D eigenvalue weighted by Gasteiger charge is -2.33. The molecule has 9 heteroatoms. The van der Waals surface area contributed by atoms with Crippen LogP contribution in [-0.4, -0.2) is 30.0 Å². The molecule has 186 valence electrons. The summed E-state index contributed by atoms with van der Waals surface area (Å²) in [5.41, 5.74) is 3.15. The number of nitro groups is 1. The maximum Gasteiger partial charge on any atom is 0.323 e. The van der Waals surface area contributed by atoms with Gasteiger partial charge in [-0.25, -0.2) is 4.79 Å². The normalized spacial score (nSPS) is 13.6. The Balaban J connectivity index is 1.50. The molecule has 0 radical (unpaired) electrons. The molecule has 0 atom stereocenters. The first-order valence-electron chi connectivity index (χ1n) is 11.9. The molecular formula is C27H29N5O4. The largest absolute Gasteiger partial charge is 0.371 e. The van der Waals surface area contributed by atoms with Crippen molar-refractivity contribution >= 4 is 34.7 Å². The molecule has 3 aromatic carbocycles. The van der Waals surface area contributed by atoms with Crippen LogP contribution in [0.2, 0.25) is 0 Å². The number of hydrogen-bond acceptors (Lipinski definition) is 5. The zero-order valence-corrected chi connectivity index (χ0v) is 20.1. The third-order valence-electron chi connectivity index (χ3n) is 6.26. The number of anilines is 3. The minimum absolute atomic E-state index is 0.0604. The van der Waals surface area contributed by atoms with Crippen LogP contribution in [0.4, 0.5) is 27.5 Å². The lowest BCUT2D eigenvalue weighted by atomic mass is 9.97. The van der Waals surface area contributed by atoms with Gasteiger partial charge in [-0.2, -0.15) is 0 Å². The number of urea groups is 1. The first-order valence-corrected chi connectivity index (χ1v) is 11.9. The third-order valence-corrected chi connectivity index (χ3v) is 6.26. The number of carbonyl (C=O) groups excluding carboxylic acids is 2. The minimum atomic E-state index is -0.515. The first kappa shape index (κ1) is 24.7. The molecule has 0 aromatic heterocycles. The summed E-state index contributed by atoms with van der Waals surface area (Å²) in [5, 5.41) is 19.2. The van der Waals surface area contributed by atoms with E-state index in [0.29, 0.717) is 29.4 Å². The summed E-state index contributed by atoms with van der Waals surface area (Å²) in [6, 6.07) is 20.1. The van der Waals surface area contributed by atoms with Crippen LogP contribution >= 0.6 is 0 Å². The second-order valence-corrected chi connectivity index (χ2v) is 8.95. The molecule has 1 fully saturated rings. The average molecular weight is 488 g/mol. The Bertz CT molecular complexity index is 1220. The first-order chi connectivity index (χ1) is 17.4. The molecule has 36 heavy (non-hydrogen) atoms. The number of amides is 3. The summed E-state index contributed by atoms with van der Waals surface area (Å²) in [4.78, 5) is 38.3. The van der Waals surface area contributed by atoms with Crippen LogP contribution in [0.5, 0.6) is 0 Å². The number of carbonyl (C=O) groups is 2. The standard InChI is InChI=1S/C27H29N5O4/c1-19-13-15-31(16-14-19)25-12-9-22(17-24(25)26(33)28-18-20-5-3-2-4-6-20)30-27(34)29-21-7-10-23(11-8-21)32(35)36/h2-12,17,19H,13-16,18H2,1H3,(H,28,33)(H2,29,30,34). The lowest BCUT2D eigenvalue weighted by molar-refractivity contribution is -0.384. The molecule has 0 saturated carbocycles. The summed E-state index contributed by atoms with van der Waals surface area (Å²) in [7, 11) is 0. The van der Waals surface area contributed by atoms with Gasteiger partial charge in [0.15, 0.2) is 0 Å². The second kappa shape index (κ2) is 11.4. The fraction of sp³-hybridized carbons (Fsp3) is 0.259.